The maximum absolute atomic E-state index is 13.0. The normalized spacial score (nSPS) is 16.5. The van der Waals surface area contributed by atoms with E-state index in [0.29, 0.717) is 24.5 Å². The number of carbonyl (C=O) groups is 2. The van der Waals surface area contributed by atoms with Gasteiger partial charge in [0.25, 0.3) is 5.91 Å². The Morgan fingerprint density at radius 3 is 2.90 bits per heavy atom. The molecule has 1 saturated heterocycles. The third-order valence-electron chi connectivity index (χ3n) is 5.23. The van der Waals surface area contributed by atoms with Crippen LogP contribution in [0, 0.1) is 13.8 Å². The zero-order valence-corrected chi connectivity index (χ0v) is 17.4. The first-order chi connectivity index (χ1) is 13.9. The molecule has 1 aromatic carbocycles. The molecule has 29 heavy (non-hydrogen) atoms. The number of aryl methyl sites for hydroxylation is 2. The quantitative estimate of drug-likeness (QED) is 0.771. The molecule has 0 radical (unpaired) electrons. The highest BCUT2D eigenvalue weighted by atomic mass is 16.5. The number of ether oxygens (including phenoxy) is 1. The minimum atomic E-state index is -0.126. The Kier molecular flexibility index (Phi) is 6.90. The molecule has 0 unspecified atom stereocenters. The Balaban J connectivity index is 1.61. The second kappa shape index (κ2) is 9.58. The molecule has 156 valence electrons. The number of piperidine rings is 1. The van der Waals surface area contributed by atoms with Gasteiger partial charge in [-0.1, -0.05) is 17.3 Å². The van der Waals surface area contributed by atoms with Gasteiger partial charge >= 0.3 is 0 Å². The number of amides is 2. The van der Waals surface area contributed by atoms with Gasteiger partial charge < -0.3 is 19.5 Å². The van der Waals surface area contributed by atoms with Crippen molar-refractivity contribution in [3.63, 3.8) is 0 Å². The third-order valence-corrected chi connectivity index (χ3v) is 5.23. The fraction of sp³-hybridized carbons (Fsp3) is 0.500. The lowest BCUT2D eigenvalue weighted by Gasteiger charge is -2.35. The van der Waals surface area contributed by atoms with Gasteiger partial charge in [-0.05, 0) is 56.7 Å². The van der Waals surface area contributed by atoms with E-state index < -0.39 is 0 Å². The van der Waals surface area contributed by atoms with Gasteiger partial charge in [-0.3, -0.25) is 9.59 Å². The van der Waals surface area contributed by atoms with Gasteiger partial charge in [-0.2, -0.15) is 0 Å². The molecular weight excluding hydrogens is 370 g/mol. The van der Waals surface area contributed by atoms with Crippen LogP contribution in [-0.4, -0.2) is 41.0 Å². The molecular formula is C22H29N3O4. The van der Waals surface area contributed by atoms with Gasteiger partial charge in [0.1, 0.15) is 12.4 Å². The predicted octanol–water partition coefficient (Wildman–Crippen LogP) is 3.39. The number of carbonyl (C=O) groups excluding carboxylic acids is 2. The maximum Gasteiger partial charge on any atom is 0.276 e. The predicted molar refractivity (Wildman–Crippen MR) is 109 cm³/mol. The molecule has 1 aliphatic rings. The van der Waals surface area contributed by atoms with Gasteiger partial charge in [0.2, 0.25) is 5.91 Å². The summed E-state index contributed by atoms with van der Waals surface area (Å²) in [6.07, 6.45) is 3.74. The van der Waals surface area contributed by atoms with E-state index in [9.17, 15) is 9.59 Å². The molecule has 7 heteroatoms. The summed E-state index contributed by atoms with van der Waals surface area (Å²) in [7, 11) is 0. The summed E-state index contributed by atoms with van der Waals surface area (Å²) in [5.41, 5.74) is 2.46. The molecule has 2 aromatic rings. The summed E-state index contributed by atoms with van der Waals surface area (Å²) in [5, 5.41) is 6.78. The average molecular weight is 399 g/mol. The molecule has 1 fully saturated rings. The van der Waals surface area contributed by atoms with Crippen LogP contribution in [0.15, 0.2) is 28.8 Å². The molecule has 1 atom stereocenters. The number of benzene rings is 1. The van der Waals surface area contributed by atoms with Gasteiger partial charge in [0, 0.05) is 32.1 Å². The van der Waals surface area contributed by atoms with E-state index in [0.717, 1.165) is 42.6 Å². The summed E-state index contributed by atoms with van der Waals surface area (Å²) < 4.78 is 11.2. The van der Waals surface area contributed by atoms with Gasteiger partial charge in [-0.25, -0.2) is 0 Å². The van der Waals surface area contributed by atoms with Crippen molar-refractivity contribution in [2.45, 2.75) is 59.1 Å². The van der Waals surface area contributed by atoms with Crippen LogP contribution in [0.3, 0.4) is 0 Å². The Morgan fingerprint density at radius 2 is 2.10 bits per heavy atom. The molecule has 3 rings (SSSR count). The van der Waals surface area contributed by atoms with Crippen molar-refractivity contribution in [3.05, 3.63) is 46.8 Å². The Morgan fingerprint density at radius 1 is 1.28 bits per heavy atom. The smallest absolute Gasteiger partial charge is 0.276 e. The average Bonchev–Trinajstić information content (AvgIpc) is 3.17. The number of aromatic nitrogens is 1. The van der Waals surface area contributed by atoms with Crippen LogP contribution in [0.4, 0.5) is 0 Å². The summed E-state index contributed by atoms with van der Waals surface area (Å²) in [5.74, 6) is 1.13. The lowest BCUT2D eigenvalue weighted by atomic mass is 9.98. The van der Waals surface area contributed by atoms with Crippen molar-refractivity contribution >= 4 is 11.8 Å². The molecule has 0 bridgehead atoms. The maximum atomic E-state index is 13.0. The molecule has 1 aliphatic heterocycles. The highest BCUT2D eigenvalue weighted by Crippen LogP contribution is 2.23. The molecule has 7 nitrogen and oxygen atoms in total. The summed E-state index contributed by atoms with van der Waals surface area (Å²) in [4.78, 5) is 25.9. The largest absolute Gasteiger partial charge is 0.485 e. The minimum absolute atomic E-state index is 0.0522. The van der Waals surface area contributed by atoms with Crippen molar-refractivity contribution in [2.24, 2.45) is 0 Å². The van der Waals surface area contributed by atoms with E-state index in [2.05, 4.69) is 10.5 Å². The Labute approximate surface area is 171 Å². The van der Waals surface area contributed by atoms with E-state index in [1.54, 1.807) is 6.07 Å². The number of nitrogens with zero attached hydrogens (tertiary/aromatic N) is 2. The Hall–Kier alpha value is -2.83. The van der Waals surface area contributed by atoms with Crippen LogP contribution in [0.25, 0.3) is 0 Å². The molecule has 2 amide bonds. The number of nitrogens with one attached hydrogen (secondary N) is 1. The van der Waals surface area contributed by atoms with E-state index in [4.69, 9.17) is 9.26 Å². The van der Waals surface area contributed by atoms with Crippen LogP contribution in [0.2, 0.25) is 0 Å². The van der Waals surface area contributed by atoms with Gasteiger partial charge in [0.05, 0.1) is 0 Å². The highest BCUT2D eigenvalue weighted by molar-refractivity contribution is 5.92. The fourth-order valence-electron chi connectivity index (χ4n) is 3.62. The highest BCUT2D eigenvalue weighted by Gasteiger charge is 2.29. The number of hydrogen-bond acceptors (Lipinski definition) is 5. The summed E-state index contributed by atoms with van der Waals surface area (Å²) in [6.45, 7) is 6.99. The van der Waals surface area contributed by atoms with Crippen LogP contribution >= 0.6 is 0 Å². The van der Waals surface area contributed by atoms with E-state index in [-0.39, 0.29) is 24.5 Å². The number of rotatable bonds is 7. The first-order valence-electron chi connectivity index (χ1n) is 10.1. The molecule has 1 N–H and O–H groups in total. The standard InChI is InChI=1S/C22H29N3O4/c1-15-7-8-16(2)21(12-15)28-14-19-13-20(24-29-19)22(27)25-11-5-4-6-18(25)9-10-23-17(3)26/h7-8,12-13,18H,4-6,9-11,14H2,1-3H3,(H,23,26)/t18-/m0/s1. The lowest BCUT2D eigenvalue weighted by molar-refractivity contribution is -0.119. The first kappa shape index (κ1) is 20.9. The van der Waals surface area contributed by atoms with E-state index in [1.165, 1.54) is 6.92 Å². The monoisotopic (exact) mass is 399 g/mol. The van der Waals surface area contributed by atoms with Crippen LogP contribution < -0.4 is 10.1 Å². The molecule has 1 aromatic heterocycles. The lowest BCUT2D eigenvalue weighted by Crippen LogP contribution is -2.45. The molecule has 2 heterocycles. The molecule has 0 spiro atoms. The summed E-state index contributed by atoms with van der Waals surface area (Å²) >= 11 is 0. The molecule has 0 aliphatic carbocycles. The SMILES string of the molecule is CC(=O)NCC[C@@H]1CCCCN1C(=O)c1cc(COc2cc(C)ccc2C)on1. The van der Waals surface area contributed by atoms with Gasteiger partial charge in [-0.15, -0.1) is 0 Å². The van der Waals surface area contributed by atoms with E-state index in [1.807, 2.05) is 36.9 Å². The zero-order valence-electron chi connectivity index (χ0n) is 17.4. The number of hydrogen-bond donors (Lipinski definition) is 1. The van der Waals surface area contributed by atoms with Crippen LogP contribution in [0.5, 0.6) is 5.75 Å². The van der Waals surface area contributed by atoms with Gasteiger partial charge in [0.15, 0.2) is 11.5 Å². The summed E-state index contributed by atoms with van der Waals surface area (Å²) in [6, 6.07) is 7.79. The third kappa shape index (κ3) is 5.59. The number of likely N-dealkylation sites (tertiary alicyclic amines) is 1. The second-order valence-corrected chi connectivity index (χ2v) is 7.66. The van der Waals surface area contributed by atoms with Crippen molar-refractivity contribution in [2.75, 3.05) is 13.1 Å². The first-order valence-corrected chi connectivity index (χ1v) is 10.1. The molecule has 0 saturated carbocycles. The van der Waals surface area contributed by atoms with Crippen molar-refractivity contribution in [3.8, 4) is 5.75 Å². The van der Waals surface area contributed by atoms with Crippen LogP contribution in [0.1, 0.15) is 60.0 Å². The second-order valence-electron chi connectivity index (χ2n) is 7.66. The topological polar surface area (TPSA) is 84.7 Å². The van der Waals surface area contributed by atoms with Crippen molar-refractivity contribution in [1.82, 2.24) is 15.4 Å². The fourth-order valence-corrected chi connectivity index (χ4v) is 3.62. The minimum Gasteiger partial charge on any atom is -0.485 e. The van der Waals surface area contributed by atoms with Crippen LogP contribution in [-0.2, 0) is 11.4 Å². The van der Waals surface area contributed by atoms with E-state index >= 15 is 0 Å². The Bertz CT molecular complexity index is 861. The van der Waals surface area contributed by atoms with Crippen molar-refractivity contribution < 1.29 is 18.8 Å². The zero-order chi connectivity index (χ0) is 20.8. The van der Waals surface area contributed by atoms with Crippen molar-refractivity contribution in [1.29, 1.82) is 0 Å².